The summed E-state index contributed by atoms with van der Waals surface area (Å²) in [5.41, 5.74) is 2.87. The van der Waals surface area contributed by atoms with Gasteiger partial charge in [0.15, 0.2) is 12.4 Å². The van der Waals surface area contributed by atoms with Gasteiger partial charge in [-0.2, -0.15) is 0 Å². The topological polar surface area (TPSA) is 103 Å². The maximum absolute atomic E-state index is 13.4. The summed E-state index contributed by atoms with van der Waals surface area (Å²) in [5, 5.41) is 0.587. The summed E-state index contributed by atoms with van der Waals surface area (Å²) in [6.07, 6.45) is 3.01. The molecule has 2 amide bonds. The van der Waals surface area contributed by atoms with E-state index in [0.717, 1.165) is 19.3 Å². The van der Waals surface area contributed by atoms with Gasteiger partial charge in [0.1, 0.15) is 5.75 Å². The molecule has 0 N–H and O–H groups in total. The lowest BCUT2D eigenvalue weighted by molar-refractivity contribution is -0.123. The number of pyridine rings is 1. The molecule has 3 fully saturated rings. The second-order valence-electron chi connectivity index (χ2n) is 11.3. The third kappa shape index (κ3) is 4.26. The van der Waals surface area contributed by atoms with Gasteiger partial charge in [-0.3, -0.25) is 19.3 Å². The zero-order chi connectivity index (χ0) is 29.0. The molecule has 2 bridgehead atoms. The Morgan fingerprint density at radius 3 is 2.38 bits per heavy atom. The fourth-order valence-corrected chi connectivity index (χ4v) is 7.05. The molecule has 7 rings (SSSR count). The van der Waals surface area contributed by atoms with Crippen molar-refractivity contribution in [3.05, 3.63) is 90.0 Å². The molecule has 8 heteroatoms. The number of para-hydroxylation sites is 1. The largest absolute Gasteiger partial charge is 0.497 e. The van der Waals surface area contributed by atoms with Gasteiger partial charge in [-0.1, -0.05) is 42.5 Å². The fraction of sp³-hybridized carbons (Fsp3) is 0.265. The molecule has 0 spiro atoms. The zero-order valence-corrected chi connectivity index (χ0v) is 23.0. The number of hydrogen-bond acceptors (Lipinski definition) is 7. The SMILES string of the molecule is COc1cccc(C(=O)COC(=O)c2cc(-c3cccc(N4C(=O)[C@@H]5[C@H]6CC[C@@H](C6)[C@H]5C4=O)c3)nc3ccccc23)c1. The van der Waals surface area contributed by atoms with E-state index in [2.05, 4.69) is 0 Å². The van der Waals surface area contributed by atoms with Crippen LogP contribution in [0.15, 0.2) is 78.9 Å². The minimum atomic E-state index is -0.657. The molecular formula is C34H28N2O6. The number of rotatable bonds is 7. The molecule has 42 heavy (non-hydrogen) atoms. The van der Waals surface area contributed by atoms with E-state index >= 15 is 0 Å². The summed E-state index contributed by atoms with van der Waals surface area (Å²) < 4.78 is 10.6. The van der Waals surface area contributed by atoms with Crippen LogP contribution >= 0.6 is 0 Å². The summed E-state index contributed by atoms with van der Waals surface area (Å²) in [4.78, 5) is 59.0. The average molecular weight is 561 g/mol. The van der Waals surface area contributed by atoms with Gasteiger partial charge < -0.3 is 9.47 Å². The number of nitrogens with zero attached hydrogens (tertiary/aromatic N) is 2. The average Bonchev–Trinajstić information content (AvgIpc) is 3.72. The first-order valence-corrected chi connectivity index (χ1v) is 14.2. The van der Waals surface area contributed by atoms with Gasteiger partial charge in [-0.15, -0.1) is 0 Å². The Morgan fingerprint density at radius 2 is 1.62 bits per heavy atom. The molecule has 1 aliphatic heterocycles. The summed E-state index contributed by atoms with van der Waals surface area (Å²) in [6.45, 7) is -0.434. The summed E-state index contributed by atoms with van der Waals surface area (Å²) >= 11 is 0. The molecule has 4 atom stereocenters. The highest BCUT2D eigenvalue weighted by atomic mass is 16.5. The summed E-state index contributed by atoms with van der Waals surface area (Å²) in [7, 11) is 1.51. The highest BCUT2D eigenvalue weighted by molar-refractivity contribution is 6.22. The number of methoxy groups -OCH3 is 1. The predicted molar refractivity (Wildman–Crippen MR) is 155 cm³/mol. The molecule has 2 aliphatic carbocycles. The Bertz CT molecular complexity index is 1750. The maximum atomic E-state index is 13.4. The van der Waals surface area contributed by atoms with Gasteiger partial charge in [0, 0.05) is 16.5 Å². The number of ether oxygens (including phenoxy) is 2. The van der Waals surface area contributed by atoms with Crippen molar-refractivity contribution < 1.29 is 28.7 Å². The van der Waals surface area contributed by atoms with Crippen molar-refractivity contribution in [2.24, 2.45) is 23.7 Å². The first kappa shape index (κ1) is 26.1. The second kappa shape index (κ2) is 10.2. The summed E-state index contributed by atoms with van der Waals surface area (Å²) in [5.74, 6) is -0.502. The molecule has 3 aromatic carbocycles. The van der Waals surface area contributed by atoms with E-state index in [4.69, 9.17) is 14.5 Å². The van der Waals surface area contributed by atoms with E-state index < -0.39 is 12.6 Å². The minimum absolute atomic E-state index is 0.106. The molecule has 1 aromatic heterocycles. The Kier molecular flexibility index (Phi) is 6.34. The maximum Gasteiger partial charge on any atom is 0.339 e. The van der Waals surface area contributed by atoms with Gasteiger partial charge in [0.2, 0.25) is 11.8 Å². The smallest absolute Gasteiger partial charge is 0.339 e. The number of benzene rings is 3. The van der Waals surface area contributed by atoms with Crippen molar-refractivity contribution in [3.63, 3.8) is 0 Å². The Morgan fingerprint density at radius 1 is 0.881 bits per heavy atom. The van der Waals surface area contributed by atoms with Crippen LogP contribution < -0.4 is 9.64 Å². The van der Waals surface area contributed by atoms with Crippen molar-refractivity contribution in [3.8, 4) is 17.0 Å². The van der Waals surface area contributed by atoms with Crippen LogP contribution in [0.25, 0.3) is 22.2 Å². The first-order valence-electron chi connectivity index (χ1n) is 14.2. The number of hydrogen-bond donors (Lipinski definition) is 0. The van der Waals surface area contributed by atoms with Crippen molar-refractivity contribution in [2.45, 2.75) is 19.3 Å². The number of carbonyl (C=O) groups is 4. The van der Waals surface area contributed by atoms with Crippen LogP contribution in [0.5, 0.6) is 5.75 Å². The molecule has 8 nitrogen and oxygen atoms in total. The van der Waals surface area contributed by atoms with Gasteiger partial charge in [-0.05, 0) is 67.5 Å². The normalized spacial score (nSPS) is 22.5. The van der Waals surface area contributed by atoms with E-state index in [1.807, 2.05) is 12.1 Å². The van der Waals surface area contributed by atoms with Crippen LogP contribution in [0.3, 0.4) is 0 Å². The van der Waals surface area contributed by atoms with Crippen molar-refractivity contribution in [1.82, 2.24) is 4.98 Å². The molecule has 3 aliphatic rings. The minimum Gasteiger partial charge on any atom is -0.497 e. The number of Topliss-reactive ketones (excluding diaryl/α,β-unsaturated/α-hetero) is 1. The third-order valence-corrected chi connectivity index (χ3v) is 8.99. The highest BCUT2D eigenvalue weighted by Gasteiger charge is 2.61. The number of ketones is 1. The van der Waals surface area contributed by atoms with E-state index in [9.17, 15) is 19.2 Å². The van der Waals surface area contributed by atoms with Crippen molar-refractivity contribution in [1.29, 1.82) is 0 Å². The van der Waals surface area contributed by atoms with Crippen molar-refractivity contribution in [2.75, 3.05) is 18.6 Å². The van der Waals surface area contributed by atoms with Gasteiger partial charge in [0.25, 0.3) is 0 Å². The van der Waals surface area contributed by atoms with Gasteiger partial charge in [-0.25, -0.2) is 9.78 Å². The second-order valence-corrected chi connectivity index (χ2v) is 11.3. The van der Waals surface area contributed by atoms with Crippen LogP contribution in [-0.2, 0) is 14.3 Å². The van der Waals surface area contributed by atoms with Gasteiger partial charge in [0.05, 0.1) is 41.4 Å². The molecular weight excluding hydrogens is 532 g/mol. The van der Waals surface area contributed by atoms with E-state index in [1.54, 1.807) is 66.7 Å². The molecule has 4 aromatic rings. The highest BCUT2D eigenvalue weighted by Crippen LogP contribution is 2.56. The van der Waals surface area contributed by atoms with Crippen LogP contribution in [0.1, 0.15) is 40.0 Å². The fourth-order valence-electron chi connectivity index (χ4n) is 7.05. The van der Waals surface area contributed by atoms with E-state index in [1.165, 1.54) is 12.0 Å². The molecule has 2 saturated carbocycles. The van der Waals surface area contributed by atoms with Crippen molar-refractivity contribution >= 4 is 40.2 Å². The van der Waals surface area contributed by atoms with Gasteiger partial charge >= 0.3 is 5.97 Å². The first-order chi connectivity index (χ1) is 20.4. The zero-order valence-electron chi connectivity index (χ0n) is 23.0. The number of aromatic nitrogens is 1. The standard InChI is InChI=1S/C34H28N2O6/c1-41-24-9-5-7-20(16-24)29(37)18-42-34(40)26-17-28(35-27-11-3-2-10-25(26)27)19-6-4-8-23(15-19)36-32(38)30-21-12-13-22(14-21)31(30)33(36)39/h2-11,15-17,21-22,30-31H,12-14,18H2,1H3/t21-,22-,30+,31+/m0/s1. The molecule has 0 radical (unpaired) electrons. The molecule has 2 heterocycles. The quantitative estimate of drug-likeness (QED) is 0.167. The van der Waals surface area contributed by atoms with Crippen LogP contribution in [-0.4, -0.2) is 42.3 Å². The molecule has 1 saturated heterocycles. The number of anilines is 1. The molecule has 210 valence electrons. The number of imide groups is 1. The Balaban J connectivity index is 1.18. The monoisotopic (exact) mass is 560 g/mol. The Labute approximate surface area is 242 Å². The van der Waals surface area contributed by atoms with Crippen LogP contribution in [0.4, 0.5) is 5.69 Å². The summed E-state index contributed by atoms with van der Waals surface area (Å²) in [6, 6.07) is 22.6. The number of esters is 1. The predicted octanol–water partition coefficient (Wildman–Crippen LogP) is 5.49. The Hall–Kier alpha value is -4.85. The number of amides is 2. The number of fused-ring (bicyclic) bond motifs is 6. The van der Waals surface area contributed by atoms with E-state index in [0.29, 0.717) is 51.0 Å². The molecule has 0 unspecified atom stereocenters. The lowest BCUT2D eigenvalue weighted by atomic mass is 9.81. The van der Waals surface area contributed by atoms with Crippen LogP contribution in [0.2, 0.25) is 0 Å². The lowest BCUT2D eigenvalue weighted by Crippen LogP contribution is -2.32. The number of carbonyl (C=O) groups excluding carboxylic acids is 4. The third-order valence-electron chi connectivity index (χ3n) is 8.99. The van der Waals surface area contributed by atoms with E-state index in [-0.39, 0.29) is 35.0 Å². The van der Waals surface area contributed by atoms with Crippen LogP contribution in [0, 0.1) is 23.7 Å². The lowest BCUT2D eigenvalue weighted by Gasteiger charge is -2.19.